The van der Waals surface area contributed by atoms with Crippen LogP contribution in [0.15, 0.2) is 48.7 Å². The van der Waals surface area contributed by atoms with Crippen LogP contribution in [0.25, 0.3) is 0 Å². The summed E-state index contributed by atoms with van der Waals surface area (Å²) in [6.45, 7) is 0.731. The predicted octanol–water partition coefficient (Wildman–Crippen LogP) is 2.63. The molecule has 0 aliphatic carbocycles. The number of hydrogen-bond donors (Lipinski definition) is 1. The lowest BCUT2D eigenvalue weighted by molar-refractivity contribution is 1.11. The van der Waals surface area contributed by atoms with E-state index in [2.05, 4.69) is 28.4 Å². The first-order valence-electron chi connectivity index (χ1n) is 5.05. The second-order valence-corrected chi connectivity index (χ2v) is 3.39. The molecule has 1 radical (unpaired) electrons. The van der Waals surface area contributed by atoms with Crippen LogP contribution in [0, 0.1) is 12.3 Å². The Bertz CT molecular complexity index is 498. The molecule has 1 heterocycles. The van der Waals surface area contributed by atoms with Crippen LogP contribution >= 0.6 is 0 Å². The van der Waals surface area contributed by atoms with Gasteiger partial charge in [0.2, 0.25) is 0 Å². The van der Waals surface area contributed by atoms with Crippen molar-refractivity contribution in [1.82, 2.24) is 4.98 Å². The van der Waals surface area contributed by atoms with Gasteiger partial charge in [0.05, 0.1) is 0 Å². The summed E-state index contributed by atoms with van der Waals surface area (Å²) in [5.74, 6) is 3.10. The molecule has 0 spiro atoms. The van der Waals surface area contributed by atoms with E-state index in [1.807, 2.05) is 18.2 Å². The number of hydrogen-bond acceptors (Lipinski definition) is 2. The fourth-order valence-corrected chi connectivity index (χ4v) is 1.39. The lowest BCUT2D eigenvalue weighted by Crippen LogP contribution is -2.00. The Hall–Kier alpha value is -2.27. The maximum absolute atomic E-state index is 7.03. The van der Waals surface area contributed by atoms with E-state index in [0.717, 1.165) is 17.9 Å². The van der Waals surface area contributed by atoms with E-state index >= 15 is 0 Å². The van der Waals surface area contributed by atoms with Gasteiger partial charge in [0.15, 0.2) is 0 Å². The van der Waals surface area contributed by atoms with E-state index in [0.29, 0.717) is 0 Å². The Labute approximate surface area is 95.4 Å². The molecule has 0 amide bonds. The molecular formula is C14H11N2. The fourth-order valence-electron chi connectivity index (χ4n) is 1.39. The molecule has 0 aliphatic heterocycles. The first kappa shape index (κ1) is 10.3. The topological polar surface area (TPSA) is 24.9 Å². The second kappa shape index (κ2) is 4.99. The monoisotopic (exact) mass is 207 g/mol. The third-order valence-electron chi connectivity index (χ3n) is 2.22. The largest absolute Gasteiger partial charge is 0.366 e. The zero-order valence-electron chi connectivity index (χ0n) is 8.77. The fraction of sp³-hybridized carbons (Fsp3) is 0.0714. The van der Waals surface area contributed by atoms with Crippen molar-refractivity contribution >= 4 is 5.82 Å². The Kier molecular flexibility index (Phi) is 3.20. The summed E-state index contributed by atoms with van der Waals surface area (Å²) in [5.41, 5.74) is 1.93. The maximum atomic E-state index is 7.03. The van der Waals surface area contributed by atoms with Gasteiger partial charge in [-0.05, 0) is 24.1 Å². The van der Waals surface area contributed by atoms with Gasteiger partial charge >= 0.3 is 0 Å². The van der Waals surface area contributed by atoms with E-state index in [1.165, 1.54) is 5.56 Å². The molecule has 1 aromatic carbocycles. The van der Waals surface area contributed by atoms with Gasteiger partial charge in [0, 0.05) is 18.3 Å². The van der Waals surface area contributed by atoms with Crippen molar-refractivity contribution in [2.45, 2.75) is 6.54 Å². The smallest absolute Gasteiger partial charge is 0.127 e. The summed E-state index contributed by atoms with van der Waals surface area (Å²) in [7, 11) is 0. The summed E-state index contributed by atoms with van der Waals surface area (Å²) in [5, 5.41) is 3.20. The lowest BCUT2D eigenvalue weighted by Gasteiger charge is -2.05. The molecule has 2 heteroatoms. The van der Waals surface area contributed by atoms with Gasteiger partial charge in [-0.25, -0.2) is 4.98 Å². The van der Waals surface area contributed by atoms with Crippen molar-refractivity contribution in [3.8, 4) is 5.92 Å². The molecule has 0 unspecified atom stereocenters. The number of aromatic nitrogens is 1. The molecule has 0 fully saturated rings. The van der Waals surface area contributed by atoms with Crippen LogP contribution in [0.4, 0.5) is 5.82 Å². The van der Waals surface area contributed by atoms with Crippen LogP contribution in [0.5, 0.6) is 0 Å². The molecule has 16 heavy (non-hydrogen) atoms. The highest BCUT2D eigenvalue weighted by molar-refractivity contribution is 5.43. The van der Waals surface area contributed by atoms with Crippen molar-refractivity contribution in [1.29, 1.82) is 0 Å². The standard InChI is InChI=1S/C14H11N2/c1-2-12-8-9-15-14(10-12)16-11-13-6-4-3-5-7-13/h3-10H,11H2,(H,15,16). The Balaban J connectivity index is 2.03. The van der Waals surface area contributed by atoms with E-state index in [9.17, 15) is 0 Å². The number of anilines is 1. The highest BCUT2D eigenvalue weighted by atomic mass is 15.0. The third kappa shape index (κ3) is 2.61. The molecule has 2 rings (SSSR count). The molecule has 77 valence electrons. The summed E-state index contributed by atoms with van der Waals surface area (Å²) >= 11 is 0. The molecule has 2 nitrogen and oxygen atoms in total. The summed E-state index contributed by atoms with van der Waals surface area (Å²) in [4.78, 5) is 4.17. The van der Waals surface area contributed by atoms with Crippen LogP contribution in [-0.4, -0.2) is 4.98 Å². The van der Waals surface area contributed by atoms with Crippen molar-refractivity contribution in [2.75, 3.05) is 5.32 Å². The second-order valence-electron chi connectivity index (χ2n) is 3.39. The zero-order chi connectivity index (χ0) is 11.2. The highest BCUT2D eigenvalue weighted by Gasteiger charge is 1.95. The van der Waals surface area contributed by atoms with Crippen LogP contribution in [0.2, 0.25) is 0 Å². The summed E-state index contributed by atoms with van der Waals surface area (Å²) in [6.07, 6.45) is 8.70. The predicted molar refractivity (Wildman–Crippen MR) is 64.2 cm³/mol. The lowest BCUT2D eigenvalue weighted by atomic mass is 10.2. The molecule has 0 saturated carbocycles. The molecule has 0 saturated heterocycles. The quantitative estimate of drug-likeness (QED) is 0.782. The first-order valence-corrected chi connectivity index (χ1v) is 5.05. The number of nitrogens with zero attached hydrogens (tertiary/aromatic N) is 1. The van der Waals surface area contributed by atoms with Crippen LogP contribution in [-0.2, 0) is 6.54 Å². The van der Waals surface area contributed by atoms with Gasteiger partial charge in [-0.15, -0.1) is 0 Å². The Morgan fingerprint density at radius 1 is 1.19 bits per heavy atom. The van der Waals surface area contributed by atoms with Gasteiger partial charge in [-0.1, -0.05) is 36.3 Å². The Morgan fingerprint density at radius 2 is 2.00 bits per heavy atom. The number of benzene rings is 1. The van der Waals surface area contributed by atoms with Gasteiger partial charge in [0.25, 0.3) is 0 Å². The van der Waals surface area contributed by atoms with Crippen molar-refractivity contribution < 1.29 is 0 Å². The van der Waals surface area contributed by atoms with E-state index in [-0.39, 0.29) is 0 Å². The minimum absolute atomic E-state index is 0.727. The van der Waals surface area contributed by atoms with E-state index < -0.39 is 0 Å². The molecule has 1 N–H and O–H groups in total. The SMILES string of the molecule is [C]#Cc1ccnc(NCc2ccccc2)c1. The van der Waals surface area contributed by atoms with Gasteiger partial charge in [0.1, 0.15) is 5.82 Å². The Morgan fingerprint density at radius 3 is 2.75 bits per heavy atom. The van der Waals surface area contributed by atoms with Gasteiger partial charge in [-0.3, -0.25) is 0 Å². The average Bonchev–Trinajstić information content (AvgIpc) is 2.38. The third-order valence-corrected chi connectivity index (χ3v) is 2.22. The average molecular weight is 207 g/mol. The molecule has 0 bridgehead atoms. The first-order chi connectivity index (χ1) is 7.88. The van der Waals surface area contributed by atoms with Crippen molar-refractivity contribution in [3.05, 3.63) is 66.2 Å². The minimum Gasteiger partial charge on any atom is -0.366 e. The molecule has 1 aromatic heterocycles. The van der Waals surface area contributed by atoms with Gasteiger partial charge < -0.3 is 5.32 Å². The van der Waals surface area contributed by atoms with Crippen LogP contribution < -0.4 is 5.32 Å². The normalized spacial score (nSPS) is 9.44. The van der Waals surface area contributed by atoms with E-state index in [1.54, 1.807) is 18.3 Å². The molecule has 2 aromatic rings. The van der Waals surface area contributed by atoms with Crippen molar-refractivity contribution in [3.63, 3.8) is 0 Å². The highest BCUT2D eigenvalue weighted by Crippen LogP contribution is 2.07. The van der Waals surface area contributed by atoms with Crippen LogP contribution in [0.1, 0.15) is 11.1 Å². The zero-order valence-corrected chi connectivity index (χ0v) is 8.77. The number of nitrogens with one attached hydrogen (secondary N) is 1. The van der Waals surface area contributed by atoms with Gasteiger partial charge in [-0.2, -0.15) is 0 Å². The molecular weight excluding hydrogens is 196 g/mol. The number of pyridine rings is 1. The van der Waals surface area contributed by atoms with E-state index in [4.69, 9.17) is 6.42 Å². The maximum Gasteiger partial charge on any atom is 0.127 e. The van der Waals surface area contributed by atoms with Crippen LogP contribution in [0.3, 0.4) is 0 Å². The number of rotatable bonds is 3. The summed E-state index contributed by atoms with van der Waals surface area (Å²) < 4.78 is 0. The molecule has 0 aliphatic rings. The molecule has 0 atom stereocenters. The minimum atomic E-state index is 0.727. The van der Waals surface area contributed by atoms with Crippen molar-refractivity contribution in [2.24, 2.45) is 0 Å². The summed E-state index contributed by atoms with van der Waals surface area (Å²) in [6, 6.07) is 13.7.